The number of fused-ring (bicyclic) bond motifs is 1. The van der Waals surface area contributed by atoms with Crippen molar-refractivity contribution in [3.63, 3.8) is 0 Å². The summed E-state index contributed by atoms with van der Waals surface area (Å²) >= 11 is 3.49. The van der Waals surface area contributed by atoms with E-state index in [2.05, 4.69) is 52.4 Å². The van der Waals surface area contributed by atoms with Gasteiger partial charge >= 0.3 is 0 Å². The Morgan fingerprint density at radius 2 is 1.68 bits per heavy atom. The minimum Gasteiger partial charge on any atom is -0.360 e. The number of hydrogen-bond acceptors (Lipinski definition) is 2. The molecule has 142 valence electrons. The molecule has 0 unspecified atom stereocenters. The second-order valence-corrected chi connectivity index (χ2v) is 8.00. The summed E-state index contributed by atoms with van der Waals surface area (Å²) < 4.78 is 1.02. The Bertz CT molecular complexity index is 967. The highest BCUT2D eigenvalue weighted by atomic mass is 79.9. The average Bonchev–Trinajstić information content (AvgIpc) is 2.73. The summed E-state index contributed by atoms with van der Waals surface area (Å²) in [6, 6.07) is 24.2. The number of unbranched alkanes of at least 4 members (excludes halogenated alkanes) is 1. The van der Waals surface area contributed by atoms with Gasteiger partial charge in [0.1, 0.15) is 6.17 Å². The molecule has 3 aromatic rings. The highest BCUT2D eigenvalue weighted by Crippen LogP contribution is 2.37. The monoisotopic (exact) mass is 434 g/mol. The Labute approximate surface area is 174 Å². The van der Waals surface area contributed by atoms with Crippen molar-refractivity contribution >= 4 is 33.2 Å². The zero-order valence-corrected chi connectivity index (χ0v) is 17.4. The molecular formula is C24H23BrN2O. The second-order valence-electron chi connectivity index (χ2n) is 7.09. The maximum atomic E-state index is 13.4. The van der Waals surface area contributed by atoms with Gasteiger partial charge in [-0.3, -0.25) is 9.69 Å². The van der Waals surface area contributed by atoms with E-state index in [1.54, 1.807) is 0 Å². The van der Waals surface area contributed by atoms with Gasteiger partial charge in [0.05, 0.1) is 5.56 Å². The van der Waals surface area contributed by atoms with Crippen LogP contribution in [0, 0.1) is 0 Å². The highest BCUT2D eigenvalue weighted by molar-refractivity contribution is 9.10. The molecule has 1 aliphatic rings. The predicted octanol–water partition coefficient (Wildman–Crippen LogP) is 6.56. The Kier molecular flexibility index (Phi) is 5.49. The SMILES string of the molecule is CCCCc1ccc(N2C(=O)c3ccccc3N[C@@H]2c2ccc(Br)cc2)cc1. The molecule has 0 aromatic heterocycles. The van der Waals surface area contributed by atoms with Gasteiger partial charge in [-0.1, -0.05) is 65.7 Å². The predicted molar refractivity (Wildman–Crippen MR) is 119 cm³/mol. The molecule has 0 spiro atoms. The van der Waals surface area contributed by atoms with Crippen LogP contribution in [0.3, 0.4) is 0 Å². The number of halogens is 1. The number of amides is 1. The lowest BCUT2D eigenvalue weighted by Gasteiger charge is -2.38. The molecule has 1 amide bonds. The van der Waals surface area contributed by atoms with E-state index in [4.69, 9.17) is 0 Å². The zero-order chi connectivity index (χ0) is 19.5. The van der Waals surface area contributed by atoms with Crippen molar-refractivity contribution in [1.82, 2.24) is 0 Å². The summed E-state index contributed by atoms with van der Waals surface area (Å²) in [5.74, 6) is 0.0172. The molecule has 0 saturated carbocycles. The van der Waals surface area contributed by atoms with Gasteiger partial charge < -0.3 is 5.32 Å². The number of carbonyl (C=O) groups is 1. The lowest BCUT2D eigenvalue weighted by Crippen LogP contribution is -2.43. The molecule has 1 N–H and O–H groups in total. The van der Waals surface area contributed by atoms with Gasteiger partial charge in [-0.2, -0.15) is 0 Å². The summed E-state index contributed by atoms with van der Waals surface area (Å²) in [6.45, 7) is 2.20. The van der Waals surface area contributed by atoms with Crippen LogP contribution in [0.1, 0.15) is 47.4 Å². The maximum absolute atomic E-state index is 13.4. The van der Waals surface area contributed by atoms with Crippen LogP contribution in [-0.2, 0) is 6.42 Å². The fourth-order valence-electron chi connectivity index (χ4n) is 3.60. The van der Waals surface area contributed by atoms with Gasteiger partial charge in [0.25, 0.3) is 5.91 Å². The maximum Gasteiger partial charge on any atom is 0.262 e. The van der Waals surface area contributed by atoms with Crippen LogP contribution in [0.5, 0.6) is 0 Å². The molecule has 0 fully saturated rings. The molecule has 3 aromatic carbocycles. The number of benzene rings is 3. The van der Waals surface area contributed by atoms with E-state index in [1.807, 2.05) is 53.4 Å². The fraction of sp³-hybridized carbons (Fsp3) is 0.208. The summed E-state index contributed by atoms with van der Waals surface area (Å²) in [5, 5.41) is 3.55. The van der Waals surface area contributed by atoms with Gasteiger partial charge in [0.15, 0.2) is 0 Å². The molecule has 1 heterocycles. The molecule has 0 radical (unpaired) electrons. The molecule has 0 bridgehead atoms. The molecule has 0 aliphatic carbocycles. The Hall–Kier alpha value is -2.59. The minimum atomic E-state index is -0.253. The summed E-state index contributed by atoms with van der Waals surface area (Å²) in [6.07, 6.45) is 3.18. The zero-order valence-electron chi connectivity index (χ0n) is 15.9. The van der Waals surface area contributed by atoms with Gasteiger partial charge in [-0.05, 0) is 60.4 Å². The lowest BCUT2D eigenvalue weighted by molar-refractivity contribution is 0.0975. The third-order valence-electron chi connectivity index (χ3n) is 5.15. The third kappa shape index (κ3) is 3.69. The van der Waals surface area contributed by atoms with Crippen molar-refractivity contribution in [2.45, 2.75) is 32.4 Å². The summed E-state index contributed by atoms with van der Waals surface area (Å²) in [4.78, 5) is 15.3. The minimum absolute atomic E-state index is 0.0172. The second kappa shape index (κ2) is 8.19. The number of nitrogens with one attached hydrogen (secondary N) is 1. The van der Waals surface area contributed by atoms with Crippen molar-refractivity contribution in [3.8, 4) is 0 Å². The lowest BCUT2D eigenvalue weighted by atomic mass is 10.0. The van der Waals surface area contributed by atoms with Crippen molar-refractivity contribution < 1.29 is 4.79 Å². The van der Waals surface area contributed by atoms with Gasteiger partial charge in [-0.15, -0.1) is 0 Å². The highest BCUT2D eigenvalue weighted by Gasteiger charge is 2.33. The average molecular weight is 435 g/mol. The van der Waals surface area contributed by atoms with E-state index in [1.165, 1.54) is 18.4 Å². The number of nitrogens with zero attached hydrogens (tertiary/aromatic N) is 1. The van der Waals surface area contributed by atoms with Crippen LogP contribution >= 0.6 is 15.9 Å². The quantitative estimate of drug-likeness (QED) is 0.492. The van der Waals surface area contributed by atoms with Crippen molar-refractivity contribution in [2.24, 2.45) is 0 Å². The largest absolute Gasteiger partial charge is 0.360 e. The van der Waals surface area contributed by atoms with Crippen LogP contribution < -0.4 is 10.2 Å². The number of aryl methyl sites for hydroxylation is 1. The third-order valence-corrected chi connectivity index (χ3v) is 5.67. The van der Waals surface area contributed by atoms with Crippen molar-refractivity contribution in [1.29, 1.82) is 0 Å². The molecule has 4 heteroatoms. The molecule has 3 nitrogen and oxygen atoms in total. The van der Waals surface area contributed by atoms with Gasteiger partial charge in [0, 0.05) is 15.8 Å². The first-order valence-corrected chi connectivity index (χ1v) is 10.5. The topological polar surface area (TPSA) is 32.3 Å². The molecule has 28 heavy (non-hydrogen) atoms. The normalized spacial score (nSPS) is 15.9. The van der Waals surface area contributed by atoms with Crippen LogP contribution in [0.4, 0.5) is 11.4 Å². The van der Waals surface area contributed by atoms with E-state index in [9.17, 15) is 4.79 Å². The van der Waals surface area contributed by atoms with Gasteiger partial charge in [0.2, 0.25) is 0 Å². The number of hydrogen-bond donors (Lipinski definition) is 1. The first-order chi connectivity index (χ1) is 13.7. The first-order valence-electron chi connectivity index (χ1n) is 9.71. The van der Waals surface area contributed by atoms with Gasteiger partial charge in [-0.25, -0.2) is 0 Å². The molecule has 4 rings (SSSR count). The van der Waals surface area contributed by atoms with Crippen LogP contribution in [0.15, 0.2) is 77.3 Å². The first kappa shape index (κ1) is 18.8. The van der Waals surface area contributed by atoms with Crippen molar-refractivity contribution in [2.75, 3.05) is 10.2 Å². The van der Waals surface area contributed by atoms with Crippen molar-refractivity contribution in [3.05, 3.63) is 94.0 Å². The van der Waals surface area contributed by atoms with Crippen LogP contribution in [0.2, 0.25) is 0 Å². The standard InChI is InChI=1S/C24H23BrN2O/c1-2-3-6-17-9-15-20(16-10-17)27-23(18-11-13-19(25)14-12-18)26-22-8-5-4-7-21(22)24(27)28/h4-5,7-16,23,26H,2-3,6H2,1H3/t23-/m0/s1. The molecule has 0 saturated heterocycles. The molecule has 1 atom stereocenters. The Morgan fingerprint density at radius 3 is 2.39 bits per heavy atom. The Morgan fingerprint density at radius 1 is 0.964 bits per heavy atom. The summed E-state index contributed by atoms with van der Waals surface area (Å²) in [7, 11) is 0. The van der Waals surface area contributed by atoms with E-state index in [0.29, 0.717) is 5.56 Å². The van der Waals surface area contributed by atoms with Crippen LogP contribution in [0.25, 0.3) is 0 Å². The smallest absolute Gasteiger partial charge is 0.262 e. The van der Waals surface area contributed by atoms with E-state index in [0.717, 1.165) is 27.8 Å². The van der Waals surface area contributed by atoms with E-state index in [-0.39, 0.29) is 12.1 Å². The Balaban J connectivity index is 1.74. The molecular weight excluding hydrogens is 412 g/mol. The summed E-state index contributed by atoms with van der Waals surface area (Å²) in [5.41, 5.74) is 4.83. The number of rotatable bonds is 5. The number of para-hydroxylation sites is 1. The van der Waals surface area contributed by atoms with E-state index < -0.39 is 0 Å². The van der Waals surface area contributed by atoms with Crippen LogP contribution in [-0.4, -0.2) is 5.91 Å². The number of anilines is 2. The molecule has 1 aliphatic heterocycles. The number of carbonyl (C=O) groups excluding carboxylic acids is 1. The fourth-order valence-corrected chi connectivity index (χ4v) is 3.87. The van der Waals surface area contributed by atoms with E-state index >= 15 is 0 Å².